The van der Waals surface area contributed by atoms with Crippen molar-refractivity contribution < 1.29 is 18.7 Å². The van der Waals surface area contributed by atoms with Crippen LogP contribution in [0.5, 0.6) is 11.6 Å². The molecular weight excluding hydrogens is 561 g/mol. The van der Waals surface area contributed by atoms with Crippen LogP contribution in [-0.2, 0) is 4.74 Å². The molecular formula is C33H52FN7O3. The minimum atomic E-state index is -0.498. The minimum Gasteiger partial charge on any atom is -0.434 e. The van der Waals surface area contributed by atoms with Crippen molar-refractivity contribution in [3.63, 3.8) is 0 Å². The first kappa shape index (κ1) is 34.0. The fraction of sp³-hybridized carbons (Fsp3) is 0.697. The quantitative estimate of drug-likeness (QED) is 0.244. The highest BCUT2D eigenvalue weighted by Crippen LogP contribution is 2.44. The number of aromatic nitrogens is 3. The molecule has 3 heterocycles. The Bertz CT molecular complexity index is 1220. The van der Waals surface area contributed by atoms with Crippen molar-refractivity contribution in [3.8, 4) is 11.6 Å². The van der Waals surface area contributed by atoms with E-state index >= 15 is 0 Å². The number of hydrogen-bond acceptors (Lipinski definition) is 9. The maximum atomic E-state index is 14.3. The van der Waals surface area contributed by atoms with Gasteiger partial charge < -0.3 is 24.2 Å². The fourth-order valence-electron chi connectivity index (χ4n) is 6.71. The minimum absolute atomic E-state index is 0.0394. The number of amides is 1. The number of rotatable bonds is 16. The Kier molecular flexibility index (Phi) is 11.9. The zero-order valence-electron chi connectivity index (χ0n) is 27.8. The molecule has 2 aromatic rings. The van der Waals surface area contributed by atoms with Crippen LogP contribution in [0.1, 0.15) is 71.2 Å². The predicted molar refractivity (Wildman–Crippen MR) is 171 cm³/mol. The number of nitrogens with zero attached hydrogens (tertiary/aromatic N) is 7. The molecule has 0 radical (unpaired) electrons. The first-order valence-corrected chi connectivity index (χ1v) is 16.3. The number of ether oxygens (including phenoxy) is 2. The summed E-state index contributed by atoms with van der Waals surface area (Å²) in [6.45, 7) is 20.4. The van der Waals surface area contributed by atoms with E-state index in [1.165, 1.54) is 37.4 Å². The van der Waals surface area contributed by atoms with Gasteiger partial charge in [-0.3, -0.25) is 9.69 Å². The maximum Gasteiger partial charge on any atom is 0.282 e. The first-order valence-electron chi connectivity index (χ1n) is 16.3. The van der Waals surface area contributed by atoms with Crippen molar-refractivity contribution in [2.45, 2.75) is 72.9 Å². The van der Waals surface area contributed by atoms with Crippen molar-refractivity contribution >= 4 is 11.7 Å². The monoisotopic (exact) mass is 613 g/mol. The molecule has 2 aliphatic rings. The second kappa shape index (κ2) is 15.4. The van der Waals surface area contributed by atoms with Gasteiger partial charge in [0.25, 0.3) is 11.8 Å². The summed E-state index contributed by atoms with van der Waals surface area (Å²) >= 11 is 0. The SMILES string of the molecule is CCOCCN(C)CCC[C@H](C(C)C)N1CC2(CCN(c3ncnnc3Oc3ccc(F)cc3C(=O)N(CC)C(C)C)C2)C1. The summed E-state index contributed by atoms with van der Waals surface area (Å²) in [5.41, 5.74) is 0.365. The normalized spacial score (nSPS) is 17.1. The molecule has 0 bridgehead atoms. The summed E-state index contributed by atoms with van der Waals surface area (Å²) in [7, 11) is 2.18. The molecule has 11 heteroatoms. The van der Waals surface area contributed by atoms with Crippen LogP contribution in [-0.4, -0.2) is 114 Å². The largest absolute Gasteiger partial charge is 0.434 e. The van der Waals surface area contributed by atoms with Gasteiger partial charge in [0.05, 0.1) is 12.2 Å². The Hall–Kier alpha value is -2.89. The molecule has 1 aromatic carbocycles. The van der Waals surface area contributed by atoms with Crippen LogP contribution in [0.3, 0.4) is 0 Å². The number of anilines is 1. The van der Waals surface area contributed by atoms with E-state index in [9.17, 15) is 9.18 Å². The van der Waals surface area contributed by atoms with E-state index in [1.807, 2.05) is 27.7 Å². The van der Waals surface area contributed by atoms with Gasteiger partial charge in [0.1, 0.15) is 17.9 Å². The Morgan fingerprint density at radius 3 is 2.59 bits per heavy atom. The van der Waals surface area contributed by atoms with E-state index in [-0.39, 0.29) is 34.6 Å². The smallest absolute Gasteiger partial charge is 0.282 e. The lowest BCUT2D eigenvalue weighted by Crippen LogP contribution is -2.62. The van der Waals surface area contributed by atoms with E-state index in [0.29, 0.717) is 24.3 Å². The number of halogens is 1. The molecule has 44 heavy (non-hydrogen) atoms. The zero-order chi connectivity index (χ0) is 31.9. The van der Waals surface area contributed by atoms with Crippen LogP contribution in [0, 0.1) is 17.2 Å². The van der Waals surface area contributed by atoms with Crippen LogP contribution in [0.4, 0.5) is 10.2 Å². The number of likely N-dealkylation sites (N-methyl/N-ethyl adjacent to an activating group) is 1. The van der Waals surface area contributed by atoms with Gasteiger partial charge in [-0.2, -0.15) is 0 Å². The van der Waals surface area contributed by atoms with E-state index in [0.717, 1.165) is 58.9 Å². The third-order valence-electron chi connectivity index (χ3n) is 9.09. The number of hydrogen-bond donors (Lipinski definition) is 0. The van der Waals surface area contributed by atoms with Crippen molar-refractivity contribution in [3.05, 3.63) is 35.9 Å². The van der Waals surface area contributed by atoms with Crippen molar-refractivity contribution in [1.29, 1.82) is 0 Å². The third-order valence-corrected chi connectivity index (χ3v) is 9.09. The van der Waals surface area contributed by atoms with E-state index in [2.05, 4.69) is 50.8 Å². The van der Waals surface area contributed by atoms with Crippen molar-refractivity contribution in [2.24, 2.45) is 11.3 Å². The number of carbonyl (C=O) groups is 1. The van der Waals surface area contributed by atoms with Gasteiger partial charge in [-0.25, -0.2) is 9.37 Å². The molecule has 1 aromatic heterocycles. The highest BCUT2D eigenvalue weighted by molar-refractivity contribution is 5.97. The molecule has 1 amide bonds. The fourth-order valence-corrected chi connectivity index (χ4v) is 6.71. The molecule has 244 valence electrons. The standard InChI is InChI=1S/C33H52FN7O3/c1-8-41(25(5)6)32(42)27-19-26(34)12-13-29(27)44-31-30(35-23-36-37-31)39-16-14-33(20-39)21-40(22-33)28(24(3)4)11-10-15-38(7)17-18-43-9-2/h12-13,19,23-25,28H,8-11,14-18,20-22H2,1-7H3/t28-/m1/s1. The highest BCUT2D eigenvalue weighted by Gasteiger charge is 2.50. The predicted octanol–water partition coefficient (Wildman–Crippen LogP) is 4.96. The van der Waals surface area contributed by atoms with Crippen LogP contribution in [0.2, 0.25) is 0 Å². The lowest BCUT2D eigenvalue weighted by molar-refractivity contribution is -0.0345. The molecule has 1 atom stereocenters. The van der Waals surface area contributed by atoms with Crippen LogP contribution >= 0.6 is 0 Å². The Morgan fingerprint density at radius 1 is 1.14 bits per heavy atom. The van der Waals surface area contributed by atoms with Gasteiger partial charge in [-0.1, -0.05) is 13.8 Å². The molecule has 2 saturated heterocycles. The Balaban J connectivity index is 1.39. The van der Waals surface area contributed by atoms with E-state index in [4.69, 9.17) is 9.47 Å². The van der Waals surface area contributed by atoms with E-state index < -0.39 is 5.82 Å². The van der Waals surface area contributed by atoms with Gasteiger partial charge in [-0.05, 0) is 84.7 Å². The van der Waals surface area contributed by atoms with E-state index in [1.54, 1.807) is 4.90 Å². The summed E-state index contributed by atoms with van der Waals surface area (Å²) in [6, 6.07) is 4.52. The maximum absolute atomic E-state index is 14.3. The van der Waals surface area contributed by atoms with Gasteiger partial charge in [0, 0.05) is 63.4 Å². The van der Waals surface area contributed by atoms with Crippen molar-refractivity contribution in [1.82, 2.24) is 29.9 Å². The molecule has 4 rings (SSSR count). The molecule has 2 fully saturated rings. The molecule has 10 nitrogen and oxygen atoms in total. The van der Waals surface area contributed by atoms with Gasteiger partial charge in [0.15, 0.2) is 5.82 Å². The summed E-state index contributed by atoms with van der Waals surface area (Å²) in [4.78, 5) is 26.8. The second-order valence-corrected chi connectivity index (χ2v) is 13.0. The third kappa shape index (κ3) is 8.22. The lowest BCUT2D eigenvalue weighted by atomic mass is 9.76. The van der Waals surface area contributed by atoms with Gasteiger partial charge in [-0.15, -0.1) is 10.2 Å². The lowest BCUT2D eigenvalue weighted by Gasteiger charge is -2.53. The summed E-state index contributed by atoms with van der Waals surface area (Å²) < 4.78 is 26.0. The van der Waals surface area contributed by atoms with Crippen LogP contribution < -0.4 is 9.64 Å². The summed E-state index contributed by atoms with van der Waals surface area (Å²) in [5, 5.41) is 8.22. The first-order chi connectivity index (χ1) is 21.1. The van der Waals surface area contributed by atoms with Crippen LogP contribution in [0.15, 0.2) is 24.5 Å². The molecule has 0 aliphatic carbocycles. The topological polar surface area (TPSA) is 87.2 Å². The molecule has 0 N–H and O–H groups in total. The Morgan fingerprint density at radius 2 is 1.91 bits per heavy atom. The van der Waals surface area contributed by atoms with Gasteiger partial charge in [0.2, 0.25) is 0 Å². The zero-order valence-corrected chi connectivity index (χ0v) is 27.8. The summed E-state index contributed by atoms with van der Waals surface area (Å²) in [5.74, 6) is 0.874. The molecule has 0 saturated carbocycles. The number of carbonyl (C=O) groups excluding carboxylic acids is 1. The molecule has 0 unspecified atom stereocenters. The number of likely N-dealkylation sites (tertiary alicyclic amines) is 1. The van der Waals surface area contributed by atoms with Crippen molar-refractivity contribution in [2.75, 3.05) is 71.0 Å². The van der Waals surface area contributed by atoms with Crippen LogP contribution in [0.25, 0.3) is 0 Å². The number of benzene rings is 1. The highest BCUT2D eigenvalue weighted by atomic mass is 19.1. The average molecular weight is 614 g/mol. The summed E-state index contributed by atoms with van der Waals surface area (Å²) in [6.07, 6.45) is 4.86. The molecule has 1 spiro atoms. The average Bonchev–Trinajstić information content (AvgIpc) is 3.42. The van der Waals surface area contributed by atoms with Gasteiger partial charge >= 0.3 is 0 Å². The Labute approximate surface area is 262 Å². The second-order valence-electron chi connectivity index (χ2n) is 13.0. The molecule has 2 aliphatic heterocycles.